The predicted molar refractivity (Wildman–Crippen MR) is 122 cm³/mol. The highest BCUT2D eigenvalue weighted by molar-refractivity contribution is 7.92. The molecule has 2 aromatic carbocycles. The van der Waals surface area contributed by atoms with Crippen molar-refractivity contribution >= 4 is 43.9 Å². The van der Waals surface area contributed by atoms with Gasteiger partial charge < -0.3 is 10.6 Å². The van der Waals surface area contributed by atoms with E-state index in [2.05, 4.69) is 19.8 Å². The molecule has 0 bridgehead atoms. The van der Waals surface area contributed by atoms with Gasteiger partial charge in [-0.15, -0.1) is 0 Å². The molecule has 10 heteroatoms. The van der Waals surface area contributed by atoms with Crippen LogP contribution in [0.4, 0.5) is 23.0 Å². The first kappa shape index (κ1) is 20.6. The number of hydrogen-bond donors (Lipinski definition) is 2. The molecule has 0 amide bonds. The number of fused-ring (bicyclic) bond motifs is 1. The molecule has 0 saturated carbocycles. The first-order chi connectivity index (χ1) is 14.7. The fourth-order valence-corrected chi connectivity index (χ4v) is 4.69. The molecule has 160 valence electrons. The van der Waals surface area contributed by atoms with Gasteiger partial charge in [-0.1, -0.05) is 0 Å². The molecule has 31 heavy (non-hydrogen) atoms. The standard InChI is InChI=1S/C21H23N7O2S/c1-13-19(31(29,30)26-21-23-10-5-11-24-21)9-8-18(20(13)22)27(3)15-6-7-16-14(2)28(4)25-17(16)12-15/h5-12H,22H2,1-4H3,(H,23,24,26). The summed E-state index contributed by atoms with van der Waals surface area (Å²) in [6.07, 6.45) is 2.92. The lowest BCUT2D eigenvalue weighted by Gasteiger charge is -2.23. The molecule has 0 atom stereocenters. The number of sulfonamides is 1. The predicted octanol–water partition coefficient (Wildman–Crippen LogP) is 3.13. The first-order valence-corrected chi connectivity index (χ1v) is 11.0. The molecule has 2 heterocycles. The molecule has 4 aromatic rings. The van der Waals surface area contributed by atoms with Crippen molar-refractivity contribution in [2.75, 3.05) is 22.4 Å². The van der Waals surface area contributed by atoms with Crippen molar-refractivity contribution in [1.82, 2.24) is 19.7 Å². The summed E-state index contributed by atoms with van der Waals surface area (Å²) in [7, 11) is -0.0990. The summed E-state index contributed by atoms with van der Waals surface area (Å²) in [4.78, 5) is 9.81. The van der Waals surface area contributed by atoms with Gasteiger partial charge >= 0.3 is 0 Å². The summed E-state index contributed by atoms with van der Waals surface area (Å²) in [5, 5.41) is 5.62. The summed E-state index contributed by atoms with van der Waals surface area (Å²) in [6.45, 7) is 3.70. The molecule has 0 radical (unpaired) electrons. The van der Waals surface area contributed by atoms with Crippen molar-refractivity contribution in [2.45, 2.75) is 18.7 Å². The van der Waals surface area contributed by atoms with Crippen molar-refractivity contribution in [1.29, 1.82) is 0 Å². The van der Waals surface area contributed by atoms with Crippen LogP contribution in [0.5, 0.6) is 0 Å². The Hall–Kier alpha value is -3.66. The highest BCUT2D eigenvalue weighted by Gasteiger charge is 2.22. The molecule has 0 unspecified atom stereocenters. The van der Waals surface area contributed by atoms with Gasteiger partial charge in [0.15, 0.2) is 0 Å². The number of anilines is 4. The summed E-state index contributed by atoms with van der Waals surface area (Å²) in [6, 6.07) is 10.8. The van der Waals surface area contributed by atoms with Crippen LogP contribution in [0, 0.1) is 13.8 Å². The van der Waals surface area contributed by atoms with Crippen LogP contribution in [-0.4, -0.2) is 35.2 Å². The van der Waals surface area contributed by atoms with Crippen molar-refractivity contribution in [3.63, 3.8) is 0 Å². The van der Waals surface area contributed by atoms with Gasteiger partial charge in [0.05, 0.1) is 21.8 Å². The van der Waals surface area contributed by atoms with Crippen molar-refractivity contribution in [3.8, 4) is 0 Å². The SMILES string of the molecule is Cc1c(S(=O)(=O)Nc2ncccn2)ccc(N(C)c2ccc3c(C)n(C)nc3c2)c1N. The molecular weight excluding hydrogens is 414 g/mol. The first-order valence-electron chi connectivity index (χ1n) is 9.55. The zero-order valence-corrected chi connectivity index (χ0v) is 18.5. The number of rotatable bonds is 5. The molecule has 0 aliphatic carbocycles. The summed E-state index contributed by atoms with van der Waals surface area (Å²) < 4.78 is 29.9. The topological polar surface area (TPSA) is 119 Å². The number of nitrogens with zero attached hydrogens (tertiary/aromatic N) is 5. The monoisotopic (exact) mass is 437 g/mol. The van der Waals surface area contributed by atoms with Crippen LogP contribution in [-0.2, 0) is 17.1 Å². The zero-order valence-electron chi connectivity index (χ0n) is 17.7. The average molecular weight is 438 g/mol. The summed E-state index contributed by atoms with van der Waals surface area (Å²) in [5.41, 5.74) is 10.7. The number of benzene rings is 2. The van der Waals surface area contributed by atoms with Crippen molar-refractivity contribution in [2.24, 2.45) is 7.05 Å². The Morgan fingerprint density at radius 3 is 2.52 bits per heavy atom. The highest BCUT2D eigenvalue weighted by Crippen LogP contribution is 2.35. The maximum Gasteiger partial charge on any atom is 0.264 e. The molecule has 0 fully saturated rings. The number of hydrogen-bond acceptors (Lipinski definition) is 7. The quantitative estimate of drug-likeness (QED) is 0.460. The molecule has 2 aromatic heterocycles. The minimum absolute atomic E-state index is 0.000577. The maximum atomic E-state index is 12.8. The number of nitrogens with one attached hydrogen (secondary N) is 1. The Labute approximate surface area is 180 Å². The summed E-state index contributed by atoms with van der Waals surface area (Å²) in [5.74, 6) is 0.000577. The lowest BCUT2D eigenvalue weighted by molar-refractivity contribution is 0.600. The van der Waals surface area contributed by atoms with Crippen LogP contribution in [0.15, 0.2) is 53.7 Å². The smallest absolute Gasteiger partial charge is 0.264 e. The molecule has 0 aliphatic rings. The normalized spacial score (nSPS) is 11.6. The van der Waals surface area contributed by atoms with Gasteiger partial charge in [-0.25, -0.2) is 23.1 Å². The Morgan fingerprint density at radius 2 is 1.81 bits per heavy atom. The van der Waals surface area contributed by atoms with E-state index in [1.54, 1.807) is 19.1 Å². The largest absolute Gasteiger partial charge is 0.397 e. The fourth-order valence-electron chi connectivity index (χ4n) is 3.47. The van der Waals surface area contributed by atoms with Crippen LogP contribution in [0.1, 0.15) is 11.3 Å². The van der Waals surface area contributed by atoms with Crippen LogP contribution >= 0.6 is 0 Å². The number of aromatic nitrogens is 4. The molecule has 9 nitrogen and oxygen atoms in total. The van der Waals surface area contributed by atoms with Gasteiger partial charge in [0, 0.05) is 43.3 Å². The van der Waals surface area contributed by atoms with E-state index < -0.39 is 10.0 Å². The van der Waals surface area contributed by atoms with E-state index in [0.29, 0.717) is 16.9 Å². The van der Waals surface area contributed by atoms with E-state index in [0.717, 1.165) is 22.3 Å². The fraction of sp³-hybridized carbons (Fsp3) is 0.190. The van der Waals surface area contributed by atoms with E-state index in [4.69, 9.17) is 5.73 Å². The minimum Gasteiger partial charge on any atom is -0.397 e. The number of nitrogens with two attached hydrogens (primary N) is 1. The lowest BCUT2D eigenvalue weighted by Crippen LogP contribution is -2.18. The number of aryl methyl sites for hydroxylation is 2. The third-order valence-corrected chi connectivity index (χ3v) is 6.86. The molecule has 0 saturated heterocycles. The average Bonchev–Trinajstić information content (AvgIpc) is 3.02. The second-order valence-corrected chi connectivity index (χ2v) is 8.92. The van der Waals surface area contributed by atoms with E-state index >= 15 is 0 Å². The van der Waals surface area contributed by atoms with Gasteiger partial charge in [0.2, 0.25) is 5.95 Å². The maximum absolute atomic E-state index is 12.8. The van der Waals surface area contributed by atoms with E-state index in [1.165, 1.54) is 18.5 Å². The highest BCUT2D eigenvalue weighted by atomic mass is 32.2. The van der Waals surface area contributed by atoms with Gasteiger partial charge in [0.1, 0.15) is 0 Å². The van der Waals surface area contributed by atoms with Crippen molar-refractivity contribution in [3.05, 3.63) is 60.0 Å². The van der Waals surface area contributed by atoms with Crippen LogP contribution in [0.3, 0.4) is 0 Å². The Morgan fingerprint density at radius 1 is 1.10 bits per heavy atom. The van der Waals surface area contributed by atoms with Gasteiger partial charge in [0.25, 0.3) is 10.0 Å². The molecule has 0 spiro atoms. The third kappa shape index (κ3) is 3.66. The van der Waals surface area contributed by atoms with Crippen LogP contribution in [0.25, 0.3) is 10.9 Å². The lowest BCUT2D eigenvalue weighted by atomic mass is 10.1. The second-order valence-electron chi connectivity index (χ2n) is 7.27. The molecular formula is C21H23N7O2S. The molecule has 3 N–H and O–H groups in total. The molecule has 0 aliphatic heterocycles. The van der Waals surface area contributed by atoms with E-state index in [-0.39, 0.29) is 10.8 Å². The van der Waals surface area contributed by atoms with E-state index in [1.807, 2.05) is 48.8 Å². The second kappa shape index (κ2) is 7.55. The van der Waals surface area contributed by atoms with Gasteiger partial charge in [-0.05, 0) is 55.8 Å². The van der Waals surface area contributed by atoms with Gasteiger partial charge in [-0.2, -0.15) is 5.10 Å². The number of nitrogen functional groups attached to an aromatic ring is 1. The van der Waals surface area contributed by atoms with Gasteiger partial charge in [-0.3, -0.25) is 4.68 Å². The third-order valence-electron chi connectivity index (χ3n) is 5.39. The van der Waals surface area contributed by atoms with E-state index in [9.17, 15) is 8.42 Å². The van der Waals surface area contributed by atoms with Crippen molar-refractivity contribution < 1.29 is 8.42 Å². The summed E-state index contributed by atoms with van der Waals surface area (Å²) >= 11 is 0. The van der Waals surface area contributed by atoms with Crippen LogP contribution in [0.2, 0.25) is 0 Å². The Kier molecular flexibility index (Phi) is 5.02. The Balaban J connectivity index is 1.70. The Bertz CT molecular complexity index is 1380. The molecule has 4 rings (SSSR count). The van der Waals surface area contributed by atoms with Crippen LogP contribution < -0.4 is 15.4 Å². The minimum atomic E-state index is -3.89. The zero-order chi connectivity index (χ0) is 22.3.